The van der Waals surface area contributed by atoms with Crippen LogP contribution in [0.5, 0.6) is 0 Å². The van der Waals surface area contributed by atoms with E-state index < -0.39 is 0 Å². The molecule has 0 fully saturated rings. The number of fused-ring (bicyclic) bond motifs is 2. The van der Waals surface area contributed by atoms with E-state index in [1.807, 2.05) is 11.3 Å². The number of hydrogen-bond donors (Lipinski definition) is 0. The second kappa shape index (κ2) is 3.62. The molecule has 15 heavy (non-hydrogen) atoms. The van der Waals surface area contributed by atoms with E-state index in [9.17, 15) is 0 Å². The first kappa shape index (κ1) is 9.37. The Morgan fingerprint density at radius 3 is 3.13 bits per heavy atom. The molecule has 0 bridgehead atoms. The van der Waals surface area contributed by atoms with Crippen molar-refractivity contribution >= 4 is 21.4 Å². The van der Waals surface area contributed by atoms with E-state index in [0.29, 0.717) is 0 Å². The fourth-order valence-electron chi connectivity index (χ4n) is 2.39. The number of hydrogen-bond acceptors (Lipinski definition) is 2. The van der Waals surface area contributed by atoms with Gasteiger partial charge in [0.15, 0.2) is 0 Å². The van der Waals surface area contributed by atoms with Crippen molar-refractivity contribution in [3.63, 3.8) is 0 Å². The van der Waals surface area contributed by atoms with Gasteiger partial charge in [-0.15, -0.1) is 11.3 Å². The Kier molecular flexibility index (Phi) is 2.26. The summed E-state index contributed by atoms with van der Waals surface area (Å²) in [6, 6.07) is 7.01. The first-order valence-corrected chi connectivity index (χ1v) is 6.38. The van der Waals surface area contributed by atoms with Gasteiger partial charge in [-0.2, -0.15) is 0 Å². The van der Waals surface area contributed by atoms with Gasteiger partial charge < -0.3 is 4.90 Å². The molecule has 78 valence electrons. The van der Waals surface area contributed by atoms with Gasteiger partial charge in [0.2, 0.25) is 0 Å². The van der Waals surface area contributed by atoms with Crippen LogP contribution >= 0.6 is 11.3 Å². The molecule has 2 heterocycles. The Hall–Kier alpha value is -0.860. The van der Waals surface area contributed by atoms with Crippen molar-refractivity contribution in [2.75, 3.05) is 13.6 Å². The van der Waals surface area contributed by atoms with Crippen molar-refractivity contribution in [2.45, 2.75) is 19.4 Å². The van der Waals surface area contributed by atoms with Crippen LogP contribution in [0, 0.1) is 0 Å². The van der Waals surface area contributed by atoms with Crippen LogP contribution in [0.15, 0.2) is 23.6 Å². The van der Waals surface area contributed by atoms with Crippen molar-refractivity contribution in [1.82, 2.24) is 4.90 Å². The number of aryl methyl sites for hydroxylation is 1. The van der Waals surface area contributed by atoms with Crippen molar-refractivity contribution in [3.05, 3.63) is 34.7 Å². The smallest absolute Gasteiger partial charge is 0.0346 e. The second-order valence-electron chi connectivity index (χ2n) is 4.42. The zero-order chi connectivity index (χ0) is 10.3. The molecule has 1 aromatic heterocycles. The lowest BCUT2D eigenvalue weighted by molar-refractivity contribution is 0.332. The van der Waals surface area contributed by atoms with Crippen molar-refractivity contribution in [2.24, 2.45) is 0 Å². The quantitative estimate of drug-likeness (QED) is 0.654. The summed E-state index contributed by atoms with van der Waals surface area (Å²) >= 11 is 1.85. The predicted molar refractivity (Wildman–Crippen MR) is 66.5 cm³/mol. The Morgan fingerprint density at radius 2 is 2.20 bits per heavy atom. The first-order chi connectivity index (χ1) is 7.33. The molecule has 0 amide bonds. The largest absolute Gasteiger partial charge is 0.302 e. The normalized spacial score (nSPS) is 17.7. The highest BCUT2D eigenvalue weighted by Crippen LogP contribution is 2.27. The summed E-state index contributed by atoms with van der Waals surface area (Å²) < 4.78 is 1.43. The van der Waals surface area contributed by atoms with Crippen molar-refractivity contribution in [3.8, 4) is 0 Å². The average Bonchev–Trinajstić information content (AvgIpc) is 2.57. The van der Waals surface area contributed by atoms with Crippen LogP contribution in [0.4, 0.5) is 0 Å². The average molecular weight is 217 g/mol. The molecule has 1 aliphatic rings. The number of thiophene rings is 1. The molecule has 0 radical (unpaired) electrons. The van der Waals surface area contributed by atoms with Crippen LogP contribution in [0.2, 0.25) is 0 Å². The van der Waals surface area contributed by atoms with Gasteiger partial charge in [-0.25, -0.2) is 0 Å². The molecule has 0 spiro atoms. The van der Waals surface area contributed by atoms with E-state index in [0.717, 1.165) is 6.54 Å². The third-order valence-corrected chi connectivity index (χ3v) is 4.08. The zero-order valence-corrected chi connectivity index (χ0v) is 9.81. The first-order valence-electron chi connectivity index (χ1n) is 5.50. The maximum atomic E-state index is 2.42. The lowest BCUT2D eigenvalue weighted by Crippen LogP contribution is -2.16. The molecule has 2 heteroatoms. The molecule has 0 saturated carbocycles. The van der Waals surface area contributed by atoms with E-state index in [2.05, 4.69) is 35.5 Å². The Balaban J connectivity index is 2.15. The minimum Gasteiger partial charge on any atom is -0.302 e. The summed E-state index contributed by atoms with van der Waals surface area (Å²) in [4.78, 5) is 2.42. The predicted octanol–water partition coefficient (Wildman–Crippen LogP) is 3.28. The molecular formula is C13H15NS. The molecule has 2 aromatic rings. The maximum Gasteiger partial charge on any atom is 0.0346 e. The van der Waals surface area contributed by atoms with E-state index >= 15 is 0 Å². The lowest BCUT2D eigenvalue weighted by atomic mass is 10.0. The third kappa shape index (κ3) is 1.68. The van der Waals surface area contributed by atoms with Gasteiger partial charge in [0.1, 0.15) is 0 Å². The van der Waals surface area contributed by atoms with Gasteiger partial charge in [0, 0.05) is 11.2 Å². The summed E-state index contributed by atoms with van der Waals surface area (Å²) in [6.45, 7) is 2.34. The summed E-state index contributed by atoms with van der Waals surface area (Å²) in [7, 11) is 2.22. The lowest BCUT2D eigenvalue weighted by Gasteiger charge is -2.13. The summed E-state index contributed by atoms with van der Waals surface area (Å²) in [5.74, 6) is 0. The summed E-state index contributed by atoms with van der Waals surface area (Å²) in [5, 5.41) is 3.61. The molecule has 1 aromatic carbocycles. The highest BCUT2D eigenvalue weighted by molar-refractivity contribution is 7.17. The van der Waals surface area contributed by atoms with Crippen LogP contribution in [-0.2, 0) is 13.0 Å². The SMILES string of the molecule is CN1CCCc2cc3ccsc3cc2C1. The maximum absolute atomic E-state index is 2.42. The van der Waals surface area contributed by atoms with E-state index in [1.54, 1.807) is 5.56 Å². The molecule has 0 saturated heterocycles. The topological polar surface area (TPSA) is 3.24 Å². The van der Waals surface area contributed by atoms with Crippen LogP contribution in [-0.4, -0.2) is 18.5 Å². The van der Waals surface area contributed by atoms with Crippen LogP contribution in [0.25, 0.3) is 10.1 Å². The third-order valence-electron chi connectivity index (χ3n) is 3.20. The Morgan fingerprint density at radius 1 is 1.27 bits per heavy atom. The zero-order valence-electron chi connectivity index (χ0n) is 8.99. The molecule has 3 rings (SSSR count). The van der Waals surface area contributed by atoms with Crippen molar-refractivity contribution in [1.29, 1.82) is 0 Å². The minimum absolute atomic E-state index is 1.11. The van der Waals surface area contributed by atoms with Crippen molar-refractivity contribution < 1.29 is 0 Å². The molecule has 1 nitrogen and oxygen atoms in total. The minimum atomic E-state index is 1.11. The van der Waals surface area contributed by atoms with Crippen LogP contribution in [0.1, 0.15) is 17.5 Å². The van der Waals surface area contributed by atoms with Gasteiger partial charge in [-0.1, -0.05) is 0 Å². The highest BCUT2D eigenvalue weighted by atomic mass is 32.1. The van der Waals surface area contributed by atoms with E-state index in [4.69, 9.17) is 0 Å². The van der Waals surface area contributed by atoms with Gasteiger partial charge in [0.25, 0.3) is 0 Å². The standard InChI is InChI=1S/C13H15NS/c1-14-5-2-3-10-7-11-4-6-15-13(11)8-12(10)9-14/h4,6-8H,2-3,5,9H2,1H3. The number of benzene rings is 1. The fraction of sp³-hybridized carbons (Fsp3) is 0.385. The number of rotatable bonds is 0. The van der Waals surface area contributed by atoms with Gasteiger partial charge in [-0.3, -0.25) is 0 Å². The molecule has 1 aliphatic heterocycles. The second-order valence-corrected chi connectivity index (χ2v) is 5.37. The summed E-state index contributed by atoms with van der Waals surface area (Å²) in [6.07, 6.45) is 2.53. The van der Waals surface area contributed by atoms with E-state index in [-0.39, 0.29) is 0 Å². The fourth-order valence-corrected chi connectivity index (χ4v) is 3.22. The highest BCUT2D eigenvalue weighted by Gasteiger charge is 2.12. The monoisotopic (exact) mass is 217 g/mol. The Labute approximate surface area is 94.3 Å². The molecule has 0 aliphatic carbocycles. The van der Waals surface area contributed by atoms with Crippen LogP contribution < -0.4 is 0 Å². The van der Waals surface area contributed by atoms with Crippen LogP contribution in [0.3, 0.4) is 0 Å². The summed E-state index contributed by atoms with van der Waals surface area (Å²) in [5.41, 5.74) is 3.09. The number of nitrogens with zero attached hydrogens (tertiary/aromatic N) is 1. The molecule has 0 N–H and O–H groups in total. The molecule has 0 atom stereocenters. The van der Waals surface area contributed by atoms with E-state index in [1.165, 1.54) is 35.0 Å². The molecular weight excluding hydrogens is 202 g/mol. The van der Waals surface area contributed by atoms with Gasteiger partial charge >= 0.3 is 0 Å². The van der Waals surface area contributed by atoms with Gasteiger partial charge in [-0.05, 0) is 66.5 Å². The molecule has 0 unspecified atom stereocenters. The van der Waals surface area contributed by atoms with Gasteiger partial charge in [0.05, 0.1) is 0 Å². The Bertz CT molecular complexity index is 486.